The van der Waals surface area contributed by atoms with Crippen molar-refractivity contribution in [3.63, 3.8) is 0 Å². The molecule has 180 valence electrons. The normalized spacial score (nSPS) is 22.3. The summed E-state index contributed by atoms with van der Waals surface area (Å²) in [5.74, 6) is 0.959. The van der Waals surface area contributed by atoms with E-state index in [4.69, 9.17) is 9.72 Å². The van der Waals surface area contributed by atoms with Gasteiger partial charge < -0.3 is 9.72 Å². The van der Waals surface area contributed by atoms with E-state index in [1.165, 1.54) is 63.5 Å². The van der Waals surface area contributed by atoms with Gasteiger partial charge in [-0.3, -0.25) is 4.90 Å². The molecule has 0 spiro atoms. The van der Waals surface area contributed by atoms with Crippen molar-refractivity contribution >= 4 is 27.3 Å². The maximum Gasteiger partial charge on any atom is 0.158 e. The molecule has 0 amide bonds. The minimum atomic E-state index is 0.376. The summed E-state index contributed by atoms with van der Waals surface area (Å²) in [6.45, 7) is 11.1. The molecular formula is C26H34N6OS. The van der Waals surface area contributed by atoms with Crippen LogP contribution in [-0.4, -0.2) is 61.8 Å². The van der Waals surface area contributed by atoms with Crippen molar-refractivity contribution in [3.8, 4) is 11.3 Å². The molecule has 1 saturated carbocycles. The highest BCUT2D eigenvalue weighted by atomic mass is 32.1. The molecule has 34 heavy (non-hydrogen) atoms. The van der Waals surface area contributed by atoms with E-state index < -0.39 is 0 Å². The van der Waals surface area contributed by atoms with Crippen LogP contribution >= 0.6 is 11.3 Å². The van der Waals surface area contributed by atoms with Crippen LogP contribution in [0.4, 0.5) is 0 Å². The zero-order valence-electron chi connectivity index (χ0n) is 20.8. The minimum Gasteiger partial charge on any atom is -0.379 e. The van der Waals surface area contributed by atoms with Gasteiger partial charge in [0.25, 0.3) is 0 Å². The van der Waals surface area contributed by atoms with Gasteiger partial charge in [0.2, 0.25) is 0 Å². The van der Waals surface area contributed by atoms with E-state index in [0.717, 1.165) is 30.3 Å². The van der Waals surface area contributed by atoms with Gasteiger partial charge in [0.1, 0.15) is 16.7 Å². The highest BCUT2D eigenvalue weighted by Gasteiger charge is 2.35. The maximum absolute atomic E-state index is 5.46. The van der Waals surface area contributed by atoms with E-state index >= 15 is 0 Å². The molecule has 2 fully saturated rings. The van der Waals surface area contributed by atoms with Gasteiger partial charge in [-0.05, 0) is 56.6 Å². The number of methoxy groups -OCH3 is 1. The van der Waals surface area contributed by atoms with Crippen molar-refractivity contribution in [2.75, 3.05) is 20.2 Å². The zero-order valence-corrected chi connectivity index (χ0v) is 21.6. The fourth-order valence-electron chi connectivity index (χ4n) is 5.91. The Morgan fingerprint density at radius 3 is 2.59 bits per heavy atom. The van der Waals surface area contributed by atoms with Gasteiger partial charge in [0.15, 0.2) is 5.65 Å². The second kappa shape index (κ2) is 8.43. The van der Waals surface area contributed by atoms with Crippen LogP contribution in [0.5, 0.6) is 0 Å². The van der Waals surface area contributed by atoms with Crippen LogP contribution in [0, 0.1) is 13.8 Å². The number of likely N-dealkylation sites (tertiary alicyclic amines) is 1. The van der Waals surface area contributed by atoms with Crippen molar-refractivity contribution < 1.29 is 4.74 Å². The summed E-state index contributed by atoms with van der Waals surface area (Å²) >= 11 is 1.86. The number of aryl methyl sites for hydroxylation is 1. The lowest BCUT2D eigenvalue weighted by Crippen LogP contribution is -2.56. The molecule has 0 bridgehead atoms. The number of aromatic amines is 1. The molecule has 0 atom stereocenters. The van der Waals surface area contributed by atoms with Crippen LogP contribution in [-0.2, 0) is 4.74 Å². The molecule has 0 radical (unpaired) electrons. The number of pyridine rings is 1. The summed E-state index contributed by atoms with van der Waals surface area (Å²) in [4.78, 5) is 17.3. The maximum atomic E-state index is 5.46. The summed E-state index contributed by atoms with van der Waals surface area (Å²) in [5.41, 5.74) is 8.20. The van der Waals surface area contributed by atoms with Crippen LogP contribution in [0.2, 0.25) is 0 Å². The average molecular weight is 479 g/mol. The van der Waals surface area contributed by atoms with Crippen molar-refractivity contribution in [2.45, 2.75) is 77.4 Å². The zero-order chi connectivity index (χ0) is 23.6. The Kier molecular flexibility index (Phi) is 5.50. The lowest BCUT2D eigenvalue weighted by Gasteiger charge is -2.45. The highest BCUT2D eigenvalue weighted by molar-refractivity contribution is 7.18. The summed E-state index contributed by atoms with van der Waals surface area (Å²) in [6.07, 6.45) is 9.19. The number of H-pyrrole nitrogens is 1. The summed E-state index contributed by atoms with van der Waals surface area (Å²) in [6, 6.07) is 0.725. The van der Waals surface area contributed by atoms with Crippen molar-refractivity contribution in [1.29, 1.82) is 0 Å². The molecule has 0 unspecified atom stereocenters. The summed E-state index contributed by atoms with van der Waals surface area (Å²) < 4.78 is 7.35. The van der Waals surface area contributed by atoms with E-state index in [1.54, 1.807) is 6.33 Å². The monoisotopic (exact) mass is 478 g/mol. The predicted molar refractivity (Wildman–Crippen MR) is 137 cm³/mol. The topological polar surface area (TPSA) is 71.3 Å². The van der Waals surface area contributed by atoms with Crippen LogP contribution in [0.3, 0.4) is 0 Å². The van der Waals surface area contributed by atoms with Crippen LogP contribution in [0.1, 0.15) is 73.1 Å². The Hall–Kier alpha value is -2.29. The van der Waals surface area contributed by atoms with Crippen LogP contribution in [0.15, 0.2) is 12.5 Å². The Morgan fingerprint density at radius 1 is 1.12 bits per heavy atom. The molecule has 2 aliphatic rings. The Labute approximate surface area is 204 Å². The standard InChI is InChI=1S/C26H34N6OS/c1-14(2)21-22(20-12-32-24(27-13-28-32)16(4)15(20)3)29-26-23(21)30-25(34-26)17-6-8-18(9-7-17)31-10-19(11-31)33-5/h12-14,17-19,29H,6-11H2,1-5H3. The number of hydrogen-bond acceptors (Lipinski definition) is 6. The van der Waals surface area contributed by atoms with Gasteiger partial charge in [0.05, 0.1) is 16.8 Å². The first-order valence-corrected chi connectivity index (χ1v) is 13.3. The second-order valence-electron chi connectivity index (χ2n) is 10.4. The minimum absolute atomic E-state index is 0.376. The molecule has 4 aromatic heterocycles. The Morgan fingerprint density at radius 2 is 1.88 bits per heavy atom. The van der Waals surface area contributed by atoms with Crippen LogP contribution < -0.4 is 0 Å². The highest BCUT2D eigenvalue weighted by Crippen LogP contribution is 2.43. The number of rotatable bonds is 5. The number of ether oxygens (including phenoxy) is 1. The largest absolute Gasteiger partial charge is 0.379 e. The average Bonchev–Trinajstić information content (AvgIpc) is 3.50. The van der Waals surface area contributed by atoms with Crippen LogP contribution in [0.25, 0.3) is 27.3 Å². The van der Waals surface area contributed by atoms with Crippen molar-refractivity contribution in [3.05, 3.63) is 34.2 Å². The molecule has 1 saturated heterocycles. The third-order valence-corrected chi connectivity index (χ3v) is 9.29. The van der Waals surface area contributed by atoms with Crippen molar-refractivity contribution in [1.82, 2.24) is 29.5 Å². The summed E-state index contributed by atoms with van der Waals surface area (Å²) in [5, 5.41) is 5.72. The third kappa shape index (κ3) is 3.49. The molecular weight excluding hydrogens is 444 g/mol. The molecule has 7 nitrogen and oxygen atoms in total. The Bertz CT molecular complexity index is 1340. The van der Waals surface area contributed by atoms with E-state index in [0.29, 0.717) is 17.9 Å². The molecule has 4 aromatic rings. The fourth-order valence-corrected chi connectivity index (χ4v) is 7.06. The SMILES string of the molecule is COC1CN(C2CCC(c3nc4c(C(C)C)c(-c5cn6ncnc6c(C)c5C)[nH]c4s3)CC2)C1. The number of nitrogens with zero attached hydrogens (tertiary/aromatic N) is 5. The molecule has 1 aliphatic heterocycles. The van der Waals surface area contributed by atoms with E-state index in [1.807, 2.05) is 23.0 Å². The number of fused-ring (bicyclic) bond motifs is 2. The lowest BCUT2D eigenvalue weighted by atomic mass is 9.84. The van der Waals surface area contributed by atoms with Gasteiger partial charge >= 0.3 is 0 Å². The number of nitrogens with one attached hydrogen (secondary N) is 1. The van der Waals surface area contributed by atoms with E-state index in [-0.39, 0.29) is 0 Å². The summed E-state index contributed by atoms with van der Waals surface area (Å²) in [7, 11) is 1.83. The van der Waals surface area contributed by atoms with Gasteiger partial charge in [0, 0.05) is 49.5 Å². The van der Waals surface area contributed by atoms with Gasteiger partial charge in [-0.15, -0.1) is 11.3 Å². The smallest absolute Gasteiger partial charge is 0.158 e. The van der Waals surface area contributed by atoms with Gasteiger partial charge in [-0.1, -0.05) is 13.8 Å². The fraction of sp³-hybridized carbons (Fsp3) is 0.577. The Balaban J connectivity index is 1.29. The van der Waals surface area contributed by atoms with Crippen molar-refractivity contribution in [2.24, 2.45) is 0 Å². The number of hydrogen-bond donors (Lipinski definition) is 1. The molecule has 6 rings (SSSR count). The second-order valence-corrected chi connectivity index (χ2v) is 11.5. The first kappa shape index (κ1) is 22.2. The van der Waals surface area contributed by atoms with E-state index in [9.17, 15) is 0 Å². The predicted octanol–water partition coefficient (Wildman–Crippen LogP) is 5.43. The quantitative estimate of drug-likeness (QED) is 0.414. The molecule has 1 aliphatic carbocycles. The first-order chi connectivity index (χ1) is 16.4. The first-order valence-electron chi connectivity index (χ1n) is 12.5. The third-order valence-electron chi connectivity index (χ3n) is 8.15. The molecule has 8 heteroatoms. The molecule has 1 N–H and O–H groups in total. The lowest BCUT2D eigenvalue weighted by molar-refractivity contribution is -0.0579. The number of thiazole rings is 1. The van der Waals surface area contributed by atoms with E-state index in [2.05, 4.69) is 53.9 Å². The number of aromatic nitrogens is 5. The molecule has 0 aromatic carbocycles. The van der Waals surface area contributed by atoms with Gasteiger partial charge in [-0.2, -0.15) is 5.10 Å². The van der Waals surface area contributed by atoms with Gasteiger partial charge in [-0.25, -0.2) is 14.5 Å². The molecule has 5 heterocycles.